The second-order valence-electron chi connectivity index (χ2n) is 6.90. The fraction of sp³-hybridized carbons (Fsp3) is 0.304. The molecule has 0 aromatic heterocycles. The van der Waals surface area contributed by atoms with Crippen LogP contribution in [0.25, 0.3) is 0 Å². The summed E-state index contributed by atoms with van der Waals surface area (Å²) in [6.45, 7) is 1.65. The summed E-state index contributed by atoms with van der Waals surface area (Å²) in [5.74, 6) is -1.79. The lowest BCUT2D eigenvalue weighted by atomic mass is 10.2. The molecule has 3 rings (SSSR count). The smallest absolute Gasteiger partial charge is 0.338 e. The zero-order valence-corrected chi connectivity index (χ0v) is 17.3. The van der Waals surface area contributed by atoms with Gasteiger partial charge in [-0.1, -0.05) is 24.3 Å². The molecule has 8 heteroatoms. The molecule has 0 radical (unpaired) electrons. The average molecular weight is 424 g/mol. The van der Waals surface area contributed by atoms with E-state index in [1.54, 1.807) is 66.4 Å². The fourth-order valence-electron chi connectivity index (χ4n) is 3.28. The van der Waals surface area contributed by atoms with Crippen LogP contribution in [-0.4, -0.2) is 50.1 Å². The minimum Gasteiger partial charge on any atom is -0.465 e. The molecule has 2 amide bonds. The van der Waals surface area contributed by atoms with E-state index in [2.05, 4.69) is 0 Å². The highest BCUT2D eigenvalue weighted by Crippen LogP contribution is 2.22. The van der Waals surface area contributed by atoms with E-state index in [-0.39, 0.29) is 24.6 Å². The van der Waals surface area contributed by atoms with Gasteiger partial charge in [0.05, 0.1) is 12.2 Å². The third kappa shape index (κ3) is 5.69. The third-order valence-electron chi connectivity index (χ3n) is 4.76. The van der Waals surface area contributed by atoms with Crippen LogP contribution in [0, 0.1) is 0 Å². The molecule has 162 valence electrons. The molecule has 0 bridgehead atoms. The maximum absolute atomic E-state index is 12.7. The van der Waals surface area contributed by atoms with Crippen molar-refractivity contribution >= 4 is 35.1 Å². The van der Waals surface area contributed by atoms with Crippen LogP contribution in [0.4, 0.5) is 11.4 Å². The Bertz CT molecular complexity index is 960. The van der Waals surface area contributed by atoms with Gasteiger partial charge in [-0.25, -0.2) is 4.79 Å². The van der Waals surface area contributed by atoms with Crippen molar-refractivity contribution in [3.05, 3.63) is 60.2 Å². The minimum atomic E-state index is -0.689. The summed E-state index contributed by atoms with van der Waals surface area (Å²) >= 11 is 0. The Morgan fingerprint density at radius 3 is 2.48 bits per heavy atom. The Morgan fingerprint density at radius 2 is 1.81 bits per heavy atom. The molecule has 0 atom stereocenters. The summed E-state index contributed by atoms with van der Waals surface area (Å²) in [6, 6.07) is 15.2. The molecule has 2 aromatic carbocycles. The van der Waals surface area contributed by atoms with E-state index in [1.807, 2.05) is 0 Å². The number of para-hydroxylation sites is 1. The summed E-state index contributed by atoms with van der Waals surface area (Å²) in [4.78, 5) is 51.9. The first-order chi connectivity index (χ1) is 15.0. The molecule has 0 saturated carbocycles. The van der Waals surface area contributed by atoms with Gasteiger partial charge in [0.15, 0.2) is 6.61 Å². The van der Waals surface area contributed by atoms with Gasteiger partial charge in [0, 0.05) is 24.3 Å². The first kappa shape index (κ1) is 22.0. The fourth-order valence-corrected chi connectivity index (χ4v) is 3.28. The molecule has 1 saturated heterocycles. The highest BCUT2D eigenvalue weighted by Gasteiger charge is 2.24. The molecular formula is C23H24N2O6. The second kappa shape index (κ2) is 10.4. The largest absolute Gasteiger partial charge is 0.465 e. The van der Waals surface area contributed by atoms with E-state index in [0.717, 1.165) is 6.42 Å². The average Bonchev–Trinajstić information content (AvgIpc) is 3.22. The number of esters is 2. The van der Waals surface area contributed by atoms with Crippen LogP contribution in [0.15, 0.2) is 54.6 Å². The number of anilines is 2. The van der Waals surface area contributed by atoms with Crippen molar-refractivity contribution in [2.75, 3.05) is 36.1 Å². The molecule has 2 aromatic rings. The van der Waals surface area contributed by atoms with Gasteiger partial charge in [-0.05, 0) is 43.7 Å². The molecule has 1 aliphatic rings. The van der Waals surface area contributed by atoms with Gasteiger partial charge >= 0.3 is 11.9 Å². The van der Waals surface area contributed by atoms with Crippen LogP contribution >= 0.6 is 0 Å². The lowest BCUT2D eigenvalue weighted by Gasteiger charge is -2.21. The quantitative estimate of drug-likeness (QED) is 0.605. The summed E-state index contributed by atoms with van der Waals surface area (Å²) in [7, 11) is 0. The molecule has 8 nitrogen and oxygen atoms in total. The van der Waals surface area contributed by atoms with Crippen molar-refractivity contribution in [3.8, 4) is 0 Å². The van der Waals surface area contributed by atoms with Gasteiger partial charge < -0.3 is 14.4 Å². The van der Waals surface area contributed by atoms with E-state index in [0.29, 0.717) is 24.3 Å². The van der Waals surface area contributed by atoms with Crippen molar-refractivity contribution < 1.29 is 28.7 Å². The van der Waals surface area contributed by atoms with Crippen molar-refractivity contribution in [1.82, 2.24) is 0 Å². The van der Waals surface area contributed by atoms with Crippen LogP contribution < -0.4 is 9.80 Å². The van der Waals surface area contributed by atoms with Crippen molar-refractivity contribution in [3.63, 3.8) is 0 Å². The maximum atomic E-state index is 12.7. The third-order valence-corrected chi connectivity index (χ3v) is 4.76. The van der Waals surface area contributed by atoms with Gasteiger partial charge in [0.25, 0.3) is 5.91 Å². The van der Waals surface area contributed by atoms with E-state index in [4.69, 9.17) is 9.47 Å². The Kier molecular flexibility index (Phi) is 7.37. The Balaban J connectivity index is 1.67. The monoisotopic (exact) mass is 424 g/mol. The SMILES string of the molecule is CCOC(=O)CN(C(=O)COC(=O)c1cccc(N2CCCC2=O)c1)c1ccccc1. The maximum Gasteiger partial charge on any atom is 0.338 e. The van der Waals surface area contributed by atoms with E-state index >= 15 is 0 Å². The molecule has 1 aliphatic heterocycles. The van der Waals surface area contributed by atoms with E-state index in [9.17, 15) is 19.2 Å². The topological polar surface area (TPSA) is 93.2 Å². The number of ether oxygens (including phenoxy) is 2. The van der Waals surface area contributed by atoms with Crippen molar-refractivity contribution in [2.45, 2.75) is 19.8 Å². The molecule has 31 heavy (non-hydrogen) atoms. The van der Waals surface area contributed by atoms with Crippen LogP contribution in [0.2, 0.25) is 0 Å². The van der Waals surface area contributed by atoms with Gasteiger partial charge in [-0.15, -0.1) is 0 Å². The second-order valence-corrected chi connectivity index (χ2v) is 6.90. The highest BCUT2D eigenvalue weighted by atomic mass is 16.5. The van der Waals surface area contributed by atoms with Crippen LogP contribution in [0.3, 0.4) is 0 Å². The predicted molar refractivity (Wildman–Crippen MR) is 114 cm³/mol. The van der Waals surface area contributed by atoms with Crippen molar-refractivity contribution in [2.24, 2.45) is 0 Å². The minimum absolute atomic E-state index is 0.0122. The Labute approximate surface area is 180 Å². The molecule has 0 unspecified atom stereocenters. The number of rotatable bonds is 8. The molecule has 0 N–H and O–H groups in total. The lowest BCUT2D eigenvalue weighted by molar-refractivity contribution is -0.142. The molecule has 1 heterocycles. The van der Waals surface area contributed by atoms with Gasteiger partial charge in [0.1, 0.15) is 6.54 Å². The summed E-state index contributed by atoms with van der Waals surface area (Å²) in [5.41, 5.74) is 1.35. The standard InChI is InChI=1S/C23H24N2O6/c1-2-30-22(28)15-25(18-9-4-3-5-10-18)21(27)16-31-23(29)17-8-6-11-19(14-17)24-13-7-12-20(24)26/h3-6,8-11,14H,2,7,12-13,15-16H2,1H3. The molecule has 1 fully saturated rings. The molecule has 0 aliphatic carbocycles. The number of benzene rings is 2. The number of nitrogens with zero attached hydrogens (tertiary/aromatic N) is 2. The highest BCUT2D eigenvalue weighted by molar-refractivity contribution is 6.01. The zero-order chi connectivity index (χ0) is 22.2. The van der Waals surface area contributed by atoms with Crippen LogP contribution in [0.1, 0.15) is 30.1 Å². The first-order valence-electron chi connectivity index (χ1n) is 10.1. The Hall–Kier alpha value is -3.68. The Morgan fingerprint density at radius 1 is 1.03 bits per heavy atom. The van der Waals surface area contributed by atoms with Gasteiger partial charge in [0.2, 0.25) is 5.91 Å². The number of hydrogen-bond acceptors (Lipinski definition) is 6. The summed E-state index contributed by atoms with van der Waals surface area (Å²) < 4.78 is 10.1. The van der Waals surface area contributed by atoms with Crippen LogP contribution in [-0.2, 0) is 23.9 Å². The van der Waals surface area contributed by atoms with E-state index in [1.165, 1.54) is 4.90 Å². The number of hydrogen-bond donors (Lipinski definition) is 0. The number of carbonyl (C=O) groups is 4. The summed E-state index contributed by atoms with van der Waals surface area (Å²) in [5, 5.41) is 0. The first-order valence-corrected chi connectivity index (χ1v) is 10.1. The number of amides is 2. The summed E-state index contributed by atoms with van der Waals surface area (Å²) in [6.07, 6.45) is 1.26. The zero-order valence-electron chi connectivity index (χ0n) is 17.3. The number of carbonyl (C=O) groups excluding carboxylic acids is 4. The van der Waals surface area contributed by atoms with Crippen LogP contribution in [0.5, 0.6) is 0 Å². The van der Waals surface area contributed by atoms with E-state index < -0.39 is 24.5 Å². The van der Waals surface area contributed by atoms with Crippen molar-refractivity contribution in [1.29, 1.82) is 0 Å². The van der Waals surface area contributed by atoms with Gasteiger partial charge in [-0.3, -0.25) is 19.3 Å². The molecular weight excluding hydrogens is 400 g/mol. The lowest BCUT2D eigenvalue weighted by Crippen LogP contribution is -2.39. The van der Waals surface area contributed by atoms with Gasteiger partial charge in [-0.2, -0.15) is 0 Å². The molecule has 0 spiro atoms. The predicted octanol–water partition coefficient (Wildman–Crippen LogP) is 2.57. The normalized spacial score (nSPS) is 13.1.